The van der Waals surface area contributed by atoms with Gasteiger partial charge in [-0.2, -0.15) is 0 Å². The smallest absolute Gasteiger partial charge is 0.115 e. The van der Waals surface area contributed by atoms with Crippen LogP contribution in [-0.2, 0) is 0 Å². The van der Waals surface area contributed by atoms with Crippen LogP contribution in [0, 0.1) is 0 Å². The zero-order valence-electron chi connectivity index (χ0n) is 7.91. The number of nitrogens with one attached hydrogen (secondary N) is 1. The second kappa shape index (κ2) is 4.09. The number of hydrogen-bond donors (Lipinski definition) is 3. The third kappa shape index (κ3) is 2.22. The highest BCUT2D eigenvalue weighted by Crippen LogP contribution is 2.17. The molecule has 0 spiro atoms. The Morgan fingerprint density at radius 3 is 3.00 bits per heavy atom. The lowest BCUT2D eigenvalue weighted by atomic mass is 10.1. The van der Waals surface area contributed by atoms with Gasteiger partial charge in [0.05, 0.1) is 7.45 Å². The van der Waals surface area contributed by atoms with E-state index in [1.165, 1.54) is 12.1 Å². The molecule has 0 fully saturated rings. The average Bonchev–Trinajstić information content (AvgIpc) is 2.04. The molecule has 0 aliphatic heterocycles. The molecule has 0 saturated carbocycles. The topological polar surface area (TPSA) is 52.5 Å². The van der Waals surface area contributed by atoms with Crippen molar-refractivity contribution in [1.82, 2.24) is 5.32 Å². The first-order chi connectivity index (χ1) is 6.06. The molecule has 0 radical (unpaired) electrons. The summed E-state index contributed by atoms with van der Waals surface area (Å²) >= 11 is 0. The fourth-order valence-corrected chi connectivity index (χ4v) is 0.955. The summed E-state index contributed by atoms with van der Waals surface area (Å²) in [6.07, 6.45) is -1.69. The van der Waals surface area contributed by atoms with Gasteiger partial charge in [0, 0.05) is 6.54 Å². The van der Waals surface area contributed by atoms with Crippen molar-refractivity contribution in [2.24, 2.45) is 0 Å². The van der Waals surface area contributed by atoms with Crippen LogP contribution < -0.4 is 5.32 Å². The number of rotatable bonds is 3. The van der Waals surface area contributed by atoms with E-state index in [0.717, 1.165) is 0 Å². The van der Waals surface area contributed by atoms with Crippen LogP contribution in [-0.4, -0.2) is 23.8 Å². The predicted molar refractivity (Wildman–Crippen MR) is 47.0 cm³/mol. The molecule has 3 heteroatoms. The van der Waals surface area contributed by atoms with E-state index >= 15 is 0 Å². The minimum Gasteiger partial charge on any atom is -0.508 e. The Morgan fingerprint density at radius 1 is 1.67 bits per heavy atom. The molecule has 1 atom stereocenters. The van der Waals surface area contributed by atoms with Gasteiger partial charge in [-0.3, -0.25) is 0 Å². The van der Waals surface area contributed by atoms with Crippen LogP contribution in [0.2, 0.25) is 0 Å². The van der Waals surface area contributed by atoms with E-state index in [-0.39, 0.29) is 12.3 Å². The van der Waals surface area contributed by atoms with E-state index in [1.54, 1.807) is 19.2 Å². The predicted octanol–water partition coefficient (Wildman–Crippen LogP) is 0.645. The number of phenolic OH excluding ortho intramolecular Hbond substituents is 1. The van der Waals surface area contributed by atoms with Crippen LogP contribution in [0.1, 0.15) is 13.0 Å². The van der Waals surface area contributed by atoms with Crippen molar-refractivity contribution >= 4 is 0 Å². The monoisotopic (exact) mass is 168 g/mol. The van der Waals surface area contributed by atoms with E-state index in [1.807, 2.05) is 0 Å². The minimum absolute atomic E-state index is 0.0549. The summed E-state index contributed by atoms with van der Waals surface area (Å²) in [5, 5.41) is 21.4. The maximum Gasteiger partial charge on any atom is 0.115 e. The molecule has 1 aromatic rings. The van der Waals surface area contributed by atoms with E-state index in [4.69, 9.17) is 6.48 Å². The van der Waals surface area contributed by atoms with E-state index in [2.05, 4.69) is 5.32 Å². The van der Waals surface area contributed by atoms with Gasteiger partial charge in [0.15, 0.2) is 0 Å². The molecule has 66 valence electrons. The molecular formula is C9H13NO2. The minimum atomic E-state index is -1.69. The van der Waals surface area contributed by atoms with Gasteiger partial charge < -0.3 is 15.5 Å². The Hall–Kier alpha value is -1.06. The SMILES string of the molecule is [2H]C(O)(CNC)c1cccc(O)c1. The maximum absolute atomic E-state index is 9.60. The van der Waals surface area contributed by atoms with Gasteiger partial charge in [-0.05, 0) is 24.7 Å². The van der Waals surface area contributed by atoms with E-state index < -0.39 is 6.08 Å². The fourth-order valence-electron chi connectivity index (χ4n) is 0.955. The zero-order valence-corrected chi connectivity index (χ0v) is 6.91. The number of phenols is 1. The van der Waals surface area contributed by atoms with Gasteiger partial charge in [0.2, 0.25) is 0 Å². The van der Waals surface area contributed by atoms with Crippen LogP contribution in [0.25, 0.3) is 0 Å². The first kappa shape index (κ1) is 7.58. The molecule has 1 unspecified atom stereocenters. The molecule has 3 nitrogen and oxygen atoms in total. The summed E-state index contributed by atoms with van der Waals surface area (Å²) in [5.41, 5.74) is 0.377. The summed E-state index contributed by atoms with van der Waals surface area (Å²) in [5.74, 6) is 0.0549. The van der Waals surface area contributed by atoms with Crippen LogP contribution >= 0.6 is 0 Å². The largest absolute Gasteiger partial charge is 0.508 e. The Bertz CT molecular complexity index is 289. The van der Waals surface area contributed by atoms with Gasteiger partial charge >= 0.3 is 0 Å². The van der Waals surface area contributed by atoms with Crippen molar-refractivity contribution in [3.8, 4) is 5.75 Å². The quantitative estimate of drug-likeness (QED) is 0.621. The van der Waals surface area contributed by atoms with Crippen molar-refractivity contribution in [2.45, 2.75) is 6.08 Å². The molecular weight excluding hydrogens is 154 g/mol. The highest BCUT2D eigenvalue weighted by molar-refractivity contribution is 5.28. The molecule has 3 N–H and O–H groups in total. The highest BCUT2D eigenvalue weighted by atomic mass is 16.3. The molecule has 0 aliphatic rings. The lowest BCUT2D eigenvalue weighted by Crippen LogP contribution is -2.16. The standard InChI is InChI=1S/C9H13NO2/c1-10-6-9(12)7-3-2-4-8(11)5-7/h2-5,9-12H,6H2,1H3/i9D. The Labute approximate surface area is 73.1 Å². The summed E-state index contributed by atoms with van der Waals surface area (Å²) in [4.78, 5) is 0. The van der Waals surface area contributed by atoms with Crippen LogP contribution in [0.4, 0.5) is 0 Å². The lowest BCUT2D eigenvalue weighted by molar-refractivity contribution is 0.177. The highest BCUT2D eigenvalue weighted by Gasteiger charge is 2.05. The second-order valence-corrected chi connectivity index (χ2v) is 2.53. The average molecular weight is 168 g/mol. The molecule has 0 bridgehead atoms. The second-order valence-electron chi connectivity index (χ2n) is 2.53. The zero-order chi connectivity index (χ0) is 9.90. The van der Waals surface area contributed by atoms with Crippen LogP contribution in [0.15, 0.2) is 24.3 Å². The molecule has 0 heterocycles. The number of aliphatic hydroxyl groups is 1. The van der Waals surface area contributed by atoms with Gasteiger partial charge in [0.25, 0.3) is 0 Å². The number of benzene rings is 1. The third-order valence-corrected chi connectivity index (χ3v) is 1.52. The van der Waals surface area contributed by atoms with Gasteiger partial charge in [0.1, 0.15) is 5.75 Å². The Morgan fingerprint density at radius 2 is 2.42 bits per heavy atom. The van der Waals surface area contributed by atoms with Crippen molar-refractivity contribution < 1.29 is 11.6 Å². The lowest BCUT2D eigenvalue weighted by Gasteiger charge is -2.09. The van der Waals surface area contributed by atoms with Crippen molar-refractivity contribution in [1.29, 1.82) is 0 Å². The van der Waals surface area contributed by atoms with Gasteiger partial charge in [-0.1, -0.05) is 12.1 Å². The van der Waals surface area contributed by atoms with Gasteiger partial charge in [-0.15, -0.1) is 0 Å². The van der Waals surface area contributed by atoms with Crippen molar-refractivity contribution in [2.75, 3.05) is 13.6 Å². The summed E-state index contributed by atoms with van der Waals surface area (Å²) in [6.45, 7) is 0.121. The molecule has 0 amide bonds. The van der Waals surface area contributed by atoms with E-state index in [9.17, 15) is 5.11 Å². The van der Waals surface area contributed by atoms with Crippen LogP contribution in [0.5, 0.6) is 5.75 Å². The first-order valence-electron chi connectivity index (χ1n) is 4.23. The Balaban J connectivity index is 2.93. The third-order valence-electron chi connectivity index (χ3n) is 1.52. The molecule has 0 aromatic heterocycles. The number of hydrogen-bond acceptors (Lipinski definition) is 3. The van der Waals surface area contributed by atoms with Crippen LogP contribution in [0.3, 0.4) is 0 Å². The molecule has 12 heavy (non-hydrogen) atoms. The van der Waals surface area contributed by atoms with Crippen molar-refractivity contribution in [3.63, 3.8) is 0 Å². The molecule has 1 rings (SSSR count). The first-order valence-corrected chi connectivity index (χ1v) is 3.73. The number of likely N-dealkylation sites (N-methyl/N-ethyl adjacent to an activating group) is 1. The van der Waals surface area contributed by atoms with E-state index in [0.29, 0.717) is 5.56 Å². The Kier molecular flexibility index (Phi) is 2.58. The maximum atomic E-state index is 9.60. The summed E-state index contributed by atoms with van der Waals surface area (Å²) in [7, 11) is 1.66. The molecule has 0 aliphatic carbocycles. The number of aromatic hydroxyl groups is 1. The van der Waals surface area contributed by atoms with Crippen molar-refractivity contribution in [3.05, 3.63) is 29.8 Å². The molecule has 1 aromatic carbocycles. The molecule has 0 saturated heterocycles. The summed E-state index contributed by atoms with van der Waals surface area (Å²) < 4.78 is 7.55. The van der Waals surface area contributed by atoms with Gasteiger partial charge in [-0.25, -0.2) is 0 Å². The fraction of sp³-hybridized carbons (Fsp3) is 0.333. The summed E-state index contributed by atoms with van der Waals surface area (Å²) in [6, 6.07) is 6.08. The normalized spacial score (nSPS) is 16.7.